The Labute approximate surface area is 76.3 Å². The van der Waals surface area contributed by atoms with Crippen molar-refractivity contribution in [1.29, 1.82) is 0 Å². The molecule has 0 radical (unpaired) electrons. The minimum atomic E-state index is -0.671. The first kappa shape index (κ1) is 9.46. The van der Waals surface area contributed by atoms with Gasteiger partial charge in [-0.15, -0.1) is 0 Å². The van der Waals surface area contributed by atoms with Crippen molar-refractivity contribution in [3.05, 3.63) is 35.9 Å². The Hall–Kier alpha value is -0.630. The average molecular weight is 182 g/mol. The van der Waals surface area contributed by atoms with E-state index >= 15 is 0 Å². The third-order valence-electron chi connectivity index (χ3n) is 1.60. The summed E-state index contributed by atoms with van der Waals surface area (Å²) in [6.07, 6.45) is 0.999. The summed E-state index contributed by atoms with van der Waals surface area (Å²) in [5, 5.41) is 0. The summed E-state index contributed by atoms with van der Waals surface area (Å²) < 4.78 is 11.3. The Morgan fingerprint density at radius 1 is 1.25 bits per heavy atom. The van der Waals surface area contributed by atoms with Crippen molar-refractivity contribution in [3.63, 3.8) is 0 Å². The monoisotopic (exact) mass is 182 g/mol. The first-order valence-electron chi connectivity index (χ1n) is 4.22. The van der Waals surface area contributed by atoms with Crippen LogP contribution < -0.4 is 0 Å². The molecule has 1 aromatic carbocycles. The summed E-state index contributed by atoms with van der Waals surface area (Å²) in [7, 11) is -0.671. The van der Waals surface area contributed by atoms with Gasteiger partial charge in [0.2, 0.25) is 0 Å². The van der Waals surface area contributed by atoms with E-state index in [1.54, 1.807) is 0 Å². The zero-order valence-corrected chi connectivity index (χ0v) is 8.14. The lowest BCUT2D eigenvalue weighted by Gasteiger charge is -1.99. The van der Waals surface area contributed by atoms with Gasteiger partial charge in [0.1, 0.15) is 0 Å². The normalized spacial score (nSPS) is 12.8. The Morgan fingerprint density at radius 3 is 2.50 bits per heavy atom. The van der Waals surface area contributed by atoms with Crippen molar-refractivity contribution in [3.8, 4) is 0 Å². The predicted molar refractivity (Wildman–Crippen MR) is 53.4 cm³/mol. The maximum Gasteiger partial charge on any atom is 0.0485 e. The van der Waals surface area contributed by atoms with Crippen LogP contribution in [0.2, 0.25) is 0 Å². The van der Waals surface area contributed by atoms with E-state index < -0.39 is 10.8 Å². The highest BCUT2D eigenvalue weighted by atomic mass is 32.2. The van der Waals surface area contributed by atoms with E-state index in [1.165, 1.54) is 5.56 Å². The van der Waals surface area contributed by atoms with Crippen LogP contribution in [0.15, 0.2) is 30.3 Å². The van der Waals surface area contributed by atoms with Gasteiger partial charge in [0.25, 0.3) is 0 Å². The highest BCUT2D eigenvalue weighted by molar-refractivity contribution is 7.84. The maximum absolute atomic E-state index is 11.3. The molecule has 0 aliphatic heterocycles. The van der Waals surface area contributed by atoms with E-state index in [2.05, 4.69) is 6.92 Å². The fourth-order valence-corrected chi connectivity index (χ4v) is 2.22. The number of rotatable bonds is 4. The molecule has 0 aliphatic rings. The quantitative estimate of drug-likeness (QED) is 0.698. The molecule has 0 saturated heterocycles. The molecule has 0 bridgehead atoms. The van der Waals surface area contributed by atoms with Crippen molar-refractivity contribution < 1.29 is 4.21 Å². The first-order chi connectivity index (χ1) is 5.83. The molecule has 12 heavy (non-hydrogen) atoms. The molecular weight excluding hydrogens is 168 g/mol. The lowest BCUT2D eigenvalue weighted by Crippen LogP contribution is -1.99. The number of benzene rings is 1. The lowest BCUT2D eigenvalue weighted by atomic mass is 10.2. The third-order valence-corrected chi connectivity index (χ3v) is 3.12. The van der Waals surface area contributed by atoms with Crippen molar-refractivity contribution >= 4 is 10.8 Å². The van der Waals surface area contributed by atoms with Gasteiger partial charge in [-0.2, -0.15) is 0 Å². The van der Waals surface area contributed by atoms with Crippen LogP contribution in [0.4, 0.5) is 0 Å². The van der Waals surface area contributed by atoms with Crippen molar-refractivity contribution in [2.75, 3.05) is 5.75 Å². The topological polar surface area (TPSA) is 17.1 Å². The van der Waals surface area contributed by atoms with Crippen LogP contribution in [-0.2, 0) is 16.6 Å². The Kier molecular flexibility index (Phi) is 4.01. The standard InChI is InChI=1S/C10H14OS/c1-2-8-12(11)9-10-6-4-3-5-7-10/h3-7H,2,8-9H2,1H3. The van der Waals surface area contributed by atoms with Crippen molar-refractivity contribution in [2.45, 2.75) is 19.1 Å². The van der Waals surface area contributed by atoms with E-state index in [0.717, 1.165) is 12.2 Å². The summed E-state index contributed by atoms with van der Waals surface area (Å²) >= 11 is 0. The molecule has 0 spiro atoms. The molecule has 66 valence electrons. The second-order valence-electron chi connectivity index (χ2n) is 2.77. The van der Waals surface area contributed by atoms with E-state index in [0.29, 0.717) is 5.75 Å². The molecular formula is C10H14OS. The van der Waals surface area contributed by atoms with Crippen LogP contribution >= 0.6 is 0 Å². The SMILES string of the molecule is CCCS(=O)Cc1ccccc1. The molecule has 0 aromatic heterocycles. The lowest BCUT2D eigenvalue weighted by molar-refractivity contribution is 0.681. The van der Waals surface area contributed by atoms with Gasteiger partial charge < -0.3 is 0 Å². The second kappa shape index (κ2) is 5.09. The van der Waals surface area contributed by atoms with Crippen LogP contribution in [0.5, 0.6) is 0 Å². The molecule has 0 N–H and O–H groups in total. The van der Waals surface area contributed by atoms with Gasteiger partial charge in [0.05, 0.1) is 0 Å². The highest BCUT2D eigenvalue weighted by Crippen LogP contribution is 2.03. The minimum Gasteiger partial charge on any atom is -0.259 e. The average Bonchev–Trinajstić information content (AvgIpc) is 2.06. The fraction of sp³-hybridized carbons (Fsp3) is 0.400. The van der Waals surface area contributed by atoms with Crippen molar-refractivity contribution in [1.82, 2.24) is 0 Å². The molecule has 1 aromatic rings. The molecule has 1 unspecified atom stereocenters. The number of hydrogen-bond donors (Lipinski definition) is 0. The highest BCUT2D eigenvalue weighted by Gasteiger charge is 1.98. The van der Waals surface area contributed by atoms with Gasteiger partial charge in [0, 0.05) is 22.3 Å². The molecule has 1 nitrogen and oxygen atoms in total. The van der Waals surface area contributed by atoms with Gasteiger partial charge in [-0.3, -0.25) is 4.21 Å². The van der Waals surface area contributed by atoms with Gasteiger partial charge >= 0.3 is 0 Å². The largest absolute Gasteiger partial charge is 0.259 e. The number of hydrogen-bond acceptors (Lipinski definition) is 1. The summed E-state index contributed by atoms with van der Waals surface area (Å²) in [6.45, 7) is 2.06. The second-order valence-corrected chi connectivity index (χ2v) is 4.35. The molecule has 0 fully saturated rings. The molecule has 0 amide bonds. The summed E-state index contributed by atoms with van der Waals surface area (Å²) in [4.78, 5) is 0. The zero-order valence-electron chi connectivity index (χ0n) is 7.32. The van der Waals surface area contributed by atoms with Gasteiger partial charge in [-0.25, -0.2) is 0 Å². The minimum absolute atomic E-state index is 0.671. The van der Waals surface area contributed by atoms with Gasteiger partial charge in [-0.1, -0.05) is 37.3 Å². The van der Waals surface area contributed by atoms with Crippen LogP contribution in [0.1, 0.15) is 18.9 Å². The van der Waals surface area contributed by atoms with E-state index in [9.17, 15) is 4.21 Å². The Morgan fingerprint density at radius 2 is 1.92 bits per heavy atom. The predicted octanol–water partition coefficient (Wildman–Crippen LogP) is 2.35. The molecule has 1 atom stereocenters. The first-order valence-corrected chi connectivity index (χ1v) is 5.70. The third kappa shape index (κ3) is 3.18. The fourth-order valence-electron chi connectivity index (χ4n) is 1.06. The molecule has 0 saturated carbocycles. The van der Waals surface area contributed by atoms with Crippen LogP contribution in [-0.4, -0.2) is 9.96 Å². The molecule has 0 aliphatic carbocycles. The summed E-state index contributed by atoms with van der Waals surface area (Å²) in [5.74, 6) is 1.52. The van der Waals surface area contributed by atoms with Gasteiger partial charge in [0.15, 0.2) is 0 Å². The molecule has 0 heterocycles. The zero-order chi connectivity index (χ0) is 8.81. The smallest absolute Gasteiger partial charge is 0.0485 e. The Bertz CT molecular complexity index is 243. The van der Waals surface area contributed by atoms with Gasteiger partial charge in [-0.05, 0) is 12.0 Å². The summed E-state index contributed by atoms with van der Waals surface area (Å²) in [6, 6.07) is 9.99. The van der Waals surface area contributed by atoms with Crippen LogP contribution in [0.25, 0.3) is 0 Å². The molecule has 1 rings (SSSR count). The Balaban J connectivity index is 2.47. The van der Waals surface area contributed by atoms with Crippen LogP contribution in [0, 0.1) is 0 Å². The van der Waals surface area contributed by atoms with E-state index in [-0.39, 0.29) is 0 Å². The summed E-state index contributed by atoms with van der Waals surface area (Å²) in [5.41, 5.74) is 1.17. The van der Waals surface area contributed by atoms with Crippen LogP contribution in [0.3, 0.4) is 0 Å². The molecule has 2 heteroatoms. The van der Waals surface area contributed by atoms with E-state index in [1.807, 2.05) is 30.3 Å². The van der Waals surface area contributed by atoms with E-state index in [4.69, 9.17) is 0 Å². The van der Waals surface area contributed by atoms with Crippen molar-refractivity contribution in [2.24, 2.45) is 0 Å². The maximum atomic E-state index is 11.3.